The van der Waals surface area contributed by atoms with Gasteiger partial charge in [0, 0.05) is 4.47 Å². The minimum absolute atomic E-state index is 0.318. The van der Waals surface area contributed by atoms with Crippen molar-refractivity contribution in [2.24, 2.45) is 5.73 Å². The number of phenols is 1. The van der Waals surface area contributed by atoms with E-state index in [0.717, 1.165) is 27.6 Å². The lowest BCUT2D eigenvalue weighted by atomic mass is 9.94. The molecule has 1 aromatic rings. The minimum Gasteiger partial charge on any atom is -0.507 e. The van der Waals surface area contributed by atoms with Crippen LogP contribution in [0.5, 0.6) is 5.75 Å². The number of halogens is 1. The second kappa shape index (κ2) is 4.99. The molecule has 0 bridgehead atoms. The van der Waals surface area contributed by atoms with Crippen LogP contribution in [0.1, 0.15) is 36.5 Å². The normalized spacial score (nSPS) is 11.1. The summed E-state index contributed by atoms with van der Waals surface area (Å²) in [4.78, 5) is 0. The van der Waals surface area contributed by atoms with Gasteiger partial charge in [-0.25, -0.2) is 0 Å². The van der Waals surface area contributed by atoms with Gasteiger partial charge >= 0.3 is 0 Å². The third kappa shape index (κ3) is 2.52. The highest BCUT2D eigenvalue weighted by Crippen LogP contribution is 2.35. The Kier molecular flexibility index (Phi) is 4.17. The van der Waals surface area contributed by atoms with Crippen LogP contribution in [0.3, 0.4) is 0 Å². The Morgan fingerprint density at radius 1 is 1.47 bits per heavy atom. The zero-order valence-electron chi connectivity index (χ0n) is 9.47. The second-order valence-corrected chi connectivity index (χ2v) is 4.95. The Labute approximate surface area is 99.6 Å². The van der Waals surface area contributed by atoms with Crippen LogP contribution in [0.2, 0.25) is 0 Å². The van der Waals surface area contributed by atoms with Crippen molar-refractivity contribution in [2.75, 3.05) is 6.54 Å². The Morgan fingerprint density at radius 2 is 2.07 bits per heavy atom. The fourth-order valence-electron chi connectivity index (χ4n) is 1.70. The van der Waals surface area contributed by atoms with Gasteiger partial charge in [-0.05, 0) is 48.6 Å². The quantitative estimate of drug-likeness (QED) is 0.888. The van der Waals surface area contributed by atoms with Crippen molar-refractivity contribution in [2.45, 2.75) is 33.1 Å². The number of aromatic hydroxyl groups is 1. The van der Waals surface area contributed by atoms with E-state index >= 15 is 0 Å². The van der Waals surface area contributed by atoms with E-state index in [4.69, 9.17) is 5.73 Å². The summed E-state index contributed by atoms with van der Waals surface area (Å²) in [7, 11) is 0. The number of benzene rings is 1. The summed E-state index contributed by atoms with van der Waals surface area (Å²) in [5.74, 6) is 0.731. The van der Waals surface area contributed by atoms with E-state index in [9.17, 15) is 5.11 Å². The number of rotatable bonds is 3. The summed E-state index contributed by atoms with van der Waals surface area (Å²) in [6, 6.07) is 2.00. The van der Waals surface area contributed by atoms with Crippen LogP contribution in [0.25, 0.3) is 0 Å². The summed E-state index contributed by atoms with van der Waals surface area (Å²) in [5, 5.41) is 10.1. The molecule has 3 N–H and O–H groups in total. The highest BCUT2D eigenvalue weighted by Gasteiger charge is 2.15. The van der Waals surface area contributed by atoms with E-state index in [1.54, 1.807) is 0 Å². The zero-order chi connectivity index (χ0) is 11.6. The number of phenolic OH excluding ortho intramolecular Hbond substituents is 1. The number of hydrogen-bond donors (Lipinski definition) is 2. The molecule has 2 nitrogen and oxygen atoms in total. The van der Waals surface area contributed by atoms with E-state index in [1.165, 1.54) is 0 Å². The molecule has 0 heterocycles. The molecular formula is C12H18BrNO. The van der Waals surface area contributed by atoms with Crippen molar-refractivity contribution in [3.8, 4) is 5.75 Å². The molecule has 0 fully saturated rings. The SMILES string of the molecule is Cc1c(Br)cc(C(C)C)c(O)c1CCN. The molecule has 0 saturated carbocycles. The van der Waals surface area contributed by atoms with Gasteiger partial charge in [0.05, 0.1) is 0 Å². The lowest BCUT2D eigenvalue weighted by Crippen LogP contribution is -2.06. The Bertz CT molecular complexity index is 361. The molecule has 15 heavy (non-hydrogen) atoms. The molecule has 0 aliphatic rings. The smallest absolute Gasteiger partial charge is 0.122 e. The summed E-state index contributed by atoms with van der Waals surface area (Å²) in [5.41, 5.74) is 8.58. The van der Waals surface area contributed by atoms with Crippen molar-refractivity contribution in [1.29, 1.82) is 0 Å². The lowest BCUT2D eigenvalue weighted by molar-refractivity contribution is 0.457. The van der Waals surface area contributed by atoms with Gasteiger partial charge in [0.15, 0.2) is 0 Å². The van der Waals surface area contributed by atoms with E-state index in [0.29, 0.717) is 18.2 Å². The fraction of sp³-hybridized carbons (Fsp3) is 0.500. The van der Waals surface area contributed by atoms with Crippen molar-refractivity contribution >= 4 is 15.9 Å². The van der Waals surface area contributed by atoms with Crippen LogP contribution >= 0.6 is 15.9 Å². The molecule has 3 heteroatoms. The highest BCUT2D eigenvalue weighted by molar-refractivity contribution is 9.10. The van der Waals surface area contributed by atoms with Crippen LogP contribution in [0.4, 0.5) is 0 Å². The molecule has 0 aliphatic carbocycles. The van der Waals surface area contributed by atoms with E-state index in [2.05, 4.69) is 29.8 Å². The van der Waals surface area contributed by atoms with Crippen LogP contribution in [0, 0.1) is 6.92 Å². The van der Waals surface area contributed by atoms with Gasteiger partial charge in [-0.1, -0.05) is 29.8 Å². The van der Waals surface area contributed by atoms with Gasteiger partial charge in [0.25, 0.3) is 0 Å². The summed E-state index contributed by atoms with van der Waals surface area (Å²) < 4.78 is 1.05. The predicted molar refractivity (Wildman–Crippen MR) is 67.4 cm³/mol. The third-order valence-electron chi connectivity index (χ3n) is 2.67. The molecule has 1 rings (SSSR count). The molecule has 0 amide bonds. The Hall–Kier alpha value is -0.540. The lowest BCUT2D eigenvalue weighted by Gasteiger charge is -2.16. The van der Waals surface area contributed by atoms with Gasteiger partial charge in [-0.2, -0.15) is 0 Å². The Balaban J connectivity index is 3.35. The van der Waals surface area contributed by atoms with E-state index in [-0.39, 0.29) is 0 Å². The van der Waals surface area contributed by atoms with Gasteiger partial charge in [0.2, 0.25) is 0 Å². The molecular weight excluding hydrogens is 254 g/mol. The molecule has 0 radical (unpaired) electrons. The first-order valence-corrected chi connectivity index (χ1v) is 5.99. The predicted octanol–water partition coefficient (Wildman–Crippen LogP) is 3.09. The maximum absolute atomic E-state index is 10.1. The monoisotopic (exact) mass is 271 g/mol. The molecule has 0 aliphatic heterocycles. The summed E-state index contributed by atoms with van der Waals surface area (Å²) >= 11 is 3.52. The van der Waals surface area contributed by atoms with Crippen LogP contribution < -0.4 is 5.73 Å². The van der Waals surface area contributed by atoms with Crippen LogP contribution in [-0.4, -0.2) is 11.7 Å². The number of nitrogens with two attached hydrogens (primary N) is 1. The average Bonchev–Trinajstić information content (AvgIpc) is 2.18. The molecule has 0 atom stereocenters. The zero-order valence-corrected chi connectivity index (χ0v) is 11.1. The molecule has 0 aromatic heterocycles. The van der Waals surface area contributed by atoms with Gasteiger partial charge < -0.3 is 10.8 Å². The van der Waals surface area contributed by atoms with E-state index < -0.39 is 0 Å². The largest absolute Gasteiger partial charge is 0.507 e. The van der Waals surface area contributed by atoms with Crippen molar-refractivity contribution < 1.29 is 5.11 Å². The first kappa shape index (κ1) is 12.5. The van der Waals surface area contributed by atoms with Gasteiger partial charge in [0.1, 0.15) is 5.75 Å². The van der Waals surface area contributed by atoms with Crippen LogP contribution in [-0.2, 0) is 6.42 Å². The summed E-state index contributed by atoms with van der Waals surface area (Å²) in [6.45, 7) is 6.70. The van der Waals surface area contributed by atoms with Crippen LogP contribution in [0.15, 0.2) is 10.5 Å². The average molecular weight is 272 g/mol. The highest BCUT2D eigenvalue weighted by atomic mass is 79.9. The third-order valence-corrected chi connectivity index (χ3v) is 3.49. The van der Waals surface area contributed by atoms with Gasteiger partial charge in [-0.3, -0.25) is 0 Å². The topological polar surface area (TPSA) is 46.2 Å². The van der Waals surface area contributed by atoms with Gasteiger partial charge in [-0.15, -0.1) is 0 Å². The standard InChI is InChI=1S/C12H18BrNO/c1-7(2)10-6-11(13)8(3)9(4-5-14)12(10)15/h6-7,15H,4-5,14H2,1-3H3. The first-order valence-electron chi connectivity index (χ1n) is 5.20. The molecule has 0 saturated heterocycles. The molecule has 0 unspecified atom stereocenters. The minimum atomic E-state index is 0.318. The number of hydrogen-bond acceptors (Lipinski definition) is 2. The molecule has 84 valence electrons. The maximum atomic E-state index is 10.1. The molecule has 1 aromatic carbocycles. The van der Waals surface area contributed by atoms with Crippen molar-refractivity contribution in [1.82, 2.24) is 0 Å². The second-order valence-electron chi connectivity index (χ2n) is 4.09. The van der Waals surface area contributed by atoms with Crippen molar-refractivity contribution in [3.05, 3.63) is 27.2 Å². The Morgan fingerprint density at radius 3 is 2.53 bits per heavy atom. The molecule has 0 spiro atoms. The summed E-state index contributed by atoms with van der Waals surface area (Å²) in [6.07, 6.45) is 0.719. The van der Waals surface area contributed by atoms with Crippen molar-refractivity contribution in [3.63, 3.8) is 0 Å². The van der Waals surface area contributed by atoms with E-state index in [1.807, 2.05) is 13.0 Å². The fourth-order valence-corrected chi connectivity index (χ4v) is 2.19. The first-order chi connectivity index (χ1) is 6.99. The maximum Gasteiger partial charge on any atom is 0.122 e.